The number of esters is 1. The Morgan fingerprint density at radius 2 is 1.73 bits per heavy atom. The Balaban J connectivity index is 1.41. The Labute approximate surface area is 273 Å². The lowest BCUT2D eigenvalue weighted by atomic mass is 9.93. The molecular formula is C35H36Cl2N4O4. The summed E-state index contributed by atoms with van der Waals surface area (Å²) >= 11 is 12.5. The number of ether oxygens (including phenoxy) is 2. The maximum atomic E-state index is 13.8. The van der Waals surface area contributed by atoms with E-state index in [9.17, 15) is 9.59 Å². The van der Waals surface area contributed by atoms with Crippen LogP contribution in [0.3, 0.4) is 0 Å². The number of nitrogens with one attached hydrogen (secondary N) is 1. The van der Waals surface area contributed by atoms with Gasteiger partial charge in [0.25, 0.3) is 0 Å². The number of pyridine rings is 1. The first-order valence-electron chi connectivity index (χ1n) is 14.8. The second-order valence-corrected chi connectivity index (χ2v) is 12.1. The predicted octanol–water partition coefficient (Wildman–Crippen LogP) is 7.29. The Kier molecular flexibility index (Phi) is 9.65. The summed E-state index contributed by atoms with van der Waals surface area (Å²) in [6.07, 6.45) is 1.84. The summed E-state index contributed by atoms with van der Waals surface area (Å²) in [5, 5.41) is 8.54. The standard InChI is InChI=1S/C35H36Cl2N4O4/c1-19-13-25(14-20(2)33(19)37)45-12-8-11-27-26-9-7-10-28(32-21(3)40-41(5)22(32)4)29(26)17-30(27)34(42)38-18-24-15-23(35(43)44-6)16-31(36)39-24/h7,9-10,13-16H,8,11-12,17-18H2,1-6H3,(H,38,42). The van der Waals surface area contributed by atoms with Crippen molar-refractivity contribution in [3.05, 3.63) is 103 Å². The average molecular weight is 648 g/mol. The molecule has 0 saturated carbocycles. The molecular weight excluding hydrogens is 611 g/mol. The number of methoxy groups -OCH3 is 1. The molecule has 0 bridgehead atoms. The van der Waals surface area contributed by atoms with Crippen LogP contribution in [-0.2, 0) is 29.5 Å². The molecule has 1 aliphatic carbocycles. The molecule has 10 heteroatoms. The van der Waals surface area contributed by atoms with Crippen LogP contribution >= 0.6 is 23.2 Å². The maximum absolute atomic E-state index is 13.8. The van der Waals surface area contributed by atoms with Crippen molar-refractivity contribution < 1.29 is 19.1 Å². The van der Waals surface area contributed by atoms with Crippen molar-refractivity contribution >= 4 is 40.7 Å². The van der Waals surface area contributed by atoms with Crippen LogP contribution in [-0.4, -0.2) is 40.4 Å². The highest BCUT2D eigenvalue weighted by Gasteiger charge is 2.29. The Morgan fingerprint density at radius 3 is 2.40 bits per heavy atom. The van der Waals surface area contributed by atoms with Crippen LogP contribution in [0.2, 0.25) is 10.2 Å². The van der Waals surface area contributed by atoms with E-state index in [1.54, 1.807) is 6.07 Å². The summed E-state index contributed by atoms with van der Waals surface area (Å²) in [6, 6.07) is 13.1. The SMILES string of the molecule is COC(=O)c1cc(Cl)nc(CNC(=O)C2=C(CCCOc3cc(C)c(Cl)c(C)c3)c3cccc(-c4c(C)nn(C)c4C)c3C2)c1. The molecule has 0 unspecified atom stereocenters. The summed E-state index contributed by atoms with van der Waals surface area (Å²) in [5.74, 6) is 0.0548. The molecule has 1 amide bonds. The number of aryl methyl sites for hydroxylation is 4. The number of aromatic nitrogens is 3. The van der Waals surface area contributed by atoms with Crippen LogP contribution in [0.4, 0.5) is 0 Å². The fourth-order valence-corrected chi connectivity index (χ4v) is 6.33. The van der Waals surface area contributed by atoms with E-state index >= 15 is 0 Å². The van der Waals surface area contributed by atoms with Crippen molar-refractivity contribution in [3.8, 4) is 16.9 Å². The Hall–Kier alpha value is -4.14. The van der Waals surface area contributed by atoms with Crippen LogP contribution in [0.5, 0.6) is 5.75 Å². The van der Waals surface area contributed by atoms with Crippen molar-refractivity contribution in [2.75, 3.05) is 13.7 Å². The zero-order chi connectivity index (χ0) is 32.4. The van der Waals surface area contributed by atoms with Gasteiger partial charge in [0.15, 0.2) is 0 Å². The molecule has 2 aromatic carbocycles. The smallest absolute Gasteiger partial charge is 0.338 e. The largest absolute Gasteiger partial charge is 0.494 e. The highest BCUT2D eigenvalue weighted by molar-refractivity contribution is 6.32. The molecule has 234 valence electrons. The van der Waals surface area contributed by atoms with Gasteiger partial charge in [-0.3, -0.25) is 9.48 Å². The van der Waals surface area contributed by atoms with E-state index < -0.39 is 5.97 Å². The first-order chi connectivity index (χ1) is 21.5. The molecule has 1 N–H and O–H groups in total. The van der Waals surface area contributed by atoms with E-state index in [1.807, 2.05) is 50.7 Å². The molecule has 5 rings (SSSR count). The number of allylic oxidation sites excluding steroid dienone is 1. The molecule has 0 fully saturated rings. The van der Waals surface area contributed by atoms with Gasteiger partial charge in [-0.15, -0.1) is 0 Å². The summed E-state index contributed by atoms with van der Waals surface area (Å²) in [6.45, 7) is 8.58. The molecule has 45 heavy (non-hydrogen) atoms. The fraction of sp³-hybridized carbons (Fsp3) is 0.314. The fourth-order valence-electron chi connectivity index (χ4n) is 5.99. The number of amides is 1. The minimum Gasteiger partial charge on any atom is -0.494 e. The number of nitrogens with zero attached hydrogens (tertiary/aromatic N) is 3. The van der Waals surface area contributed by atoms with Crippen LogP contribution in [0.15, 0.2) is 48.0 Å². The van der Waals surface area contributed by atoms with E-state index in [-0.39, 0.29) is 23.2 Å². The minimum absolute atomic E-state index is 0.0998. The normalized spacial score (nSPS) is 12.4. The van der Waals surface area contributed by atoms with E-state index in [2.05, 4.69) is 34.5 Å². The quantitative estimate of drug-likeness (QED) is 0.110. The number of hydrogen-bond donors (Lipinski definition) is 1. The van der Waals surface area contributed by atoms with Gasteiger partial charge in [0.05, 0.1) is 37.2 Å². The van der Waals surface area contributed by atoms with Gasteiger partial charge in [0, 0.05) is 35.3 Å². The molecule has 0 saturated heterocycles. The molecule has 2 heterocycles. The lowest BCUT2D eigenvalue weighted by molar-refractivity contribution is -0.117. The van der Waals surface area contributed by atoms with E-state index in [1.165, 1.54) is 13.2 Å². The van der Waals surface area contributed by atoms with Crippen molar-refractivity contribution in [3.63, 3.8) is 0 Å². The molecule has 0 atom stereocenters. The third-order valence-corrected chi connectivity index (χ3v) is 9.01. The first-order valence-corrected chi connectivity index (χ1v) is 15.5. The Bertz CT molecular complexity index is 1820. The number of carbonyl (C=O) groups is 2. The highest BCUT2D eigenvalue weighted by Crippen LogP contribution is 2.42. The van der Waals surface area contributed by atoms with Gasteiger partial charge >= 0.3 is 5.97 Å². The molecule has 0 radical (unpaired) electrons. The van der Waals surface area contributed by atoms with Gasteiger partial charge in [-0.25, -0.2) is 9.78 Å². The molecule has 0 spiro atoms. The number of rotatable bonds is 10. The zero-order valence-electron chi connectivity index (χ0n) is 26.3. The Morgan fingerprint density at radius 1 is 1.02 bits per heavy atom. The average Bonchev–Trinajstić information content (AvgIpc) is 3.51. The van der Waals surface area contributed by atoms with Crippen LogP contribution in [0.1, 0.15) is 62.5 Å². The third kappa shape index (κ3) is 6.77. The van der Waals surface area contributed by atoms with Gasteiger partial charge in [0.1, 0.15) is 10.9 Å². The number of fused-ring (bicyclic) bond motifs is 1. The maximum Gasteiger partial charge on any atom is 0.338 e. The van der Waals surface area contributed by atoms with Crippen molar-refractivity contribution in [2.24, 2.45) is 7.05 Å². The monoisotopic (exact) mass is 646 g/mol. The van der Waals surface area contributed by atoms with Crippen LogP contribution in [0.25, 0.3) is 16.7 Å². The lowest BCUT2D eigenvalue weighted by Gasteiger charge is -2.13. The van der Waals surface area contributed by atoms with Crippen LogP contribution < -0.4 is 10.1 Å². The van der Waals surface area contributed by atoms with Gasteiger partial charge in [-0.1, -0.05) is 41.4 Å². The zero-order valence-corrected chi connectivity index (χ0v) is 27.8. The second kappa shape index (κ2) is 13.5. The van der Waals surface area contributed by atoms with Crippen LogP contribution in [0, 0.1) is 27.7 Å². The minimum atomic E-state index is -0.525. The van der Waals surface area contributed by atoms with Crippen molar-refractivity contribution in [1.82, 2.24) is 20.1 Å². The molecule has 0 aliphatic heterocycles. The number of carbonyl (C=O) groups excluding carboxylic acids is 2. The van der Waals surface area contributed by atoms with Gasteiger partial charge in [0.2, 0.25) is 5.91 Å². The third-order valence-electron chi connectivity index (χ3n) is 8.22. The van der Waals surface area contributed by atoms with Crippen molar-refractivity contribution in [1.29, 1.82) is 0 Å². The first kappa shape index (κ1) is 32.3. The lowest BCUT2D eigenvalue weighted by Crippen LogP contribution is -2.26. The predicted molar refractivity (Wildman–Crippen MR) is 177 cm³/mol. The number of benzene rings is 2. The summed E-state index contributed by atoms with van der Waals surface area (Å²) in [4.78, 5) is 30.2. The molecule has 4 aromatic rings. The topological polar surface area (TPSA) is 95.3 Å². The van der Waals surface area contributed by atoms with Crippen molar-refractivity contribution in [2.45, 2.75) is 53.5 Å². The molecule has 8 nitrogen and oxygen atoms in total. The van der Waals surface area contributed by atoms with E-state index in [4.69, 9.17) is 32.7 Å². The summed E-state index contributed by atoms with van der Waals surface area (Å²) in [5.41, 5.74) is 10.7. The number of hydrogen-bond acceptors (Lipinski definition) is 6. The van der Waals surface area contributed by atoms with Gasteiger partial charge < -0.3 is 14.8 Å². The van der Waals surface area contributed by atoms with E-state index in [0.29, 0.717) is 37.1 Å². The molecule has 1 aliphatic rings. The summed E-state index contributed by atoms with van der Waals surface area (Å²) in [7, 11) is 3.24. The van der Waals surface area contributed by atoms with Gasteiger partial charge in [-0.05, 0) is 98.2 Å². The highest BCUT2D eigenvalue weighted by atomic mass is 35.5. The van der Waals surface area contributed by atoms with E-state index in [0.717, 1.165) is 61.1 Å². The van der Waals surface area contributed by atoms with Gasteiger partial charge in [-0.2, -0.15) is 5.10 Å². The second-order valence-electron chi connectivity index (χ2n) is 11.3. The number of halogens is 2. The summed E-state index contributed by atoms with van der Waals surface area (Å²) < 4.78 is 12.8. The molecule has 2 aromatic heterocycles.